The topological polar surface area (TPSA) is 70.4 Å². The van der Waals surface area contributed by atoms with Crippen molar-refractivity contribution >= 4 is 40.4 Å². The monoisotopic (exact) mass is 274 g/mol. The number of nitrogens with one attached hydrogen (secondary N) is 2. The van der Waals surface area contributed by atoms with Crippen LogP contribution in [0.3, 0.4) is 0 Å². The number of likely N-dealkylation sites (N-methyl/N-ethyl adjacent to an activating group) is 2. The summed E-state index contributed by atoms with van der Waals surface area (Å²) in [6, 6.07) is -0.348. The van der Waals surface area contributed by atoms with Crippen LogP contribution in [0.25, 0.3) is 0 Å². The van der Waals surface area contributed by atoms with Gasteiger partial charge in [-0.1, -0.05) is 12.2 Å². The van der Waals surface area contributed by atoms with Crippen molar-refractivity contribution < 1.29 is 4.79 Å². The van der Waals surface area contributed by atoms with Crippen LogP contribution in [0.1, 0.15) is 19.3 Å². The molecule has 4 N–H and O–H groups in total. The normalized spacial score (nSPS) is 21.4. The molecule has 0 aromatic heterocycles. The first-order chi connectivity index (χ1) is 7.97. The zero-order valence-electron chi connectivity index (χ0n) is 10.0. The minimum absolute atomic E-state index is 0.0276. The van der Waals surface area contributed by atoms with E-state index in [1.165, 1.54) is 4.90 Å². The van der Waals surface area contributed by atoms with E-state index in [1.54, 1.807) is 14.1 Å². The molecule has 0 aromatic rings. The summed E-state index contributed by atoms with van der Waals surface area (Å²) in [6.45, 7) is 0. The van der Waals surface area contributed by atoms with Gasteiger partial charge in [0.1, 0.15) is 6.04 Å². The van der Waals surface area contributed by atoms with Gasteiger partial charge in [0.2, 0.25) is 0 Å². The minimum Gasteiger partial charge on any atom is -0.381 e. The van der Waals surface area contributed by atoms with Gasteiger partial charge in [-0.2, -0.15) is 0 Å². The van der Waals surface area contributed by atoms with Gasteiger partial charge in [-0.25, -0.2) is 0 Å². The lowest BCUT2D eigenvalue weighted by molar-refractivity contribution is -0.126. The predicted molar refractivity (Wildman–Crippen MR) is 75.8 cm³/mol. The Morgan fingerprint density at radius 2 is 2.35 bits per heavy atom. The van der Waals surface area contributed by atoms with Crippen molar-refractivity contribution in [2.24, 2.45) is 5.73 Å². The van der Waals surface area contributed by atoms with Crippen molar-refractivity contribution in [2.45, 2.75) is 31.3 Å². The first-order valence-electron chi connectivity index (χ1n) is 5.52. The molecule has 0 spiro atoms. The number of nitrogens with two attached hydrogens (primary N) is 1. The molecule has 1 rings (SSSR count). The van der Waals surface area contributed by atoms with E-state index in [1.807, 2.05) is 0 Å². The van der Waals surface area contributed by atoms with Crippen LogP contribution in [-0.2, 0) is 4.79 Å². The summed E-state index contributed by atoms with van der Waals surface area (Å²) in [7, 11) is 3.44. The second kappa shape index (κ2) is 6.23. The van der Waals surface area contributed by atoms with E-state index in [2.05, 4.69) is 10.6 Å². The summed E-state index contributed by atoms with van der Waals surface area (Å²) < 4.78 is 0. The van der Waals surface area contributed by atoms with Crippen molar-refractivity contribution in [1.29, 1.82) is 0 Å². The van der Waals surface area contributed by atoms with Gasteiger partial charge in [0.05, 0.1) is 11.0 Å². The number of carbonyl (C=O) groups excluding carboxylic acids is 1. The van der Waals surface area contributed by atoms with Crippen molar-refractivity contribution in [3.05, 3.63) is 0 Å². The van der Waals surface area contributed by atoms with Crippen LogP contribution >= 0.6 is 24.4 Å². The lowest BCUT2D eigenvalue weighted by Gasteiger charge is -2.13. The highest BCUT2D eigenvalue weighted by molar-refractivity contribution is 7.80. The number of hydrogen-bond acceptors (Lipinski definition) is 4. The molecule has 0 bridgehead atoms. The molecule has 0 saturated carbocycles. The lowest BCUT2D eigenvalue weighted by Crippen LogP contribution is -2.37. The Labute approximate surface area is 112 Å². The third-order valence-corrected chi connectivity index (χ3v) is 3.72. The van der Waals surface area contributed by atoms with Crippen LogP contribution < -0.4 is 16.4 Å². The quantitative estimate of drug-likeness (QED) is 0.601. The average molecular weight is 274 g/mol. The van der Waals surface area contributed by atoms with Crippen LogP contribution in [0.2, 0.25) is 0 Å². The molecule has 2 atom stereocenters. The molecule has 0 aliphatic carbocycles. The van der Waals surface area contributed by atoms with E-state index in [-0.39, 0.29) is 18.0 Å². The summed E-state index contributed by atoms with van der Waals surface area (Å²) in [5.41, 5.74) is 5.86. The molecule has 17 heavy (non-hydrogen) atoms. The van der Waals surface area contributed by atoms with Gasteiger partial charge in [-0.15, -0.1) is 0 Å². The van der Waals surface area contributed by atoms with Crippen molar-refractivity contribution in [1.82, 2.24) is 15.5 Å². The zero-order chi connectivity index (χ0) is 13.0. The SMILES string of the molecule is CNC(=S)[C@H](N)CCC[C@H]1NC(=S)N(C)C1=O. The van der Waals surface area contributed by atoms with Gasteiger partial charge in [0.15, 0.2) is 5.11 Å². The Hall–Kier alpha value is -0.790. The number of rotatable bonds is 5. The molecule has 96 valence electrons. The molecule has 1 amide bonds. The van der Waals surface area contributed by atoms with Crippen LogP contribution in [0.5, 0.6) is 0 Å². The Morgan fingerprint density at radius 3 is 2.82 bits per heavy atom. The summed E-state index contributed by atoms with van der Waals surface area (Å²) in [5.74, 6) is 0.0276. The maximum absolute atomic E-state index is 11.7. The largest absolute Gasteiger partial charge is 0.381 e. The Kier molecular flexibility index (Phi) is 5.23. The molecule has 7 heteroatoms. The van der Waals surface area contributed by atoms with E-state index in [4.69, 9.17) is 30.2 Å². The maximum atomic E-state index is 11.7. The van der Waals surface area contributed by atoms with Gasteiger partial charge in [-0.05, 0) is 31.5 Å². The Balaban J connectivity index is 2.31. The van der Waals surface area contributed by atoms with Gasteiger partial charge in [0.25, 0.3) is 5.91 Å². The molecule has 1 fully saturated rings. The molecule has 0 aromatic carbocycles. The van der Waals surface area contributed by atoms with E-state index in [0.29, 0.717) is 10.1 Å². The number of carbonyl (C=O) groups is 1. The zero-order valence-corrected chi connectivity index (χ0v) is 11.7. The minimum atomic E-state index is -0.206. The molecule has 1 aliphatic heterocycles. The summed E-state index contributed by atoms with van der Waals surface area (Å²) in [6.07, 6.45) is 2.33. The van der Waals surface area contributed by atoms with Crippen LogP contribution in [0, 0.1) is 0 Å². The average Bonchev–Trinajstić information content (AvgIpc) is 2.56. The molecule has 0 unspecified atom stereocenters. The Morgan fingerprint density at radius 1 is 1.71 bits per heavy atom. The third kappa shape index (κ3) is 3.58. The number of hydrogen-bond donors (Lipinski definition) is 3. The van der Waals surface area contributed by atoms with E-state index < -0.39 is 0 Å². The summed E-state index contributed by atoms with van der Waals surface area (Å²) >= 11 is 10.0. The van der Waals surface area contributed by atoms with Crippen LogP contribution in [0.4, 0.5) is 0 Å². The first kappa shape index (κ1) is 14.3. The second-order valence-corrected chi connectivity index (χ2v) is 4.88. The summed E-state index contributed by atoms with van der Waals surface area (Å²) in [5, 5.41) is 6.35. The fourth-order valence-electron chi connectivity index (χ4n) is 1.70. The van der Waals surface area contributed by atoms with E-state index in [0.717, 1.165) is 19.3 Å². The fraction of sp³-hybridized carbons (Fsp3) is 0.700. The predicted octanol–water partition coefficient (Wildman–Crippen LogP) is -0.254. The highest BCUT2D eigenvalue weighted by atomic mass is 32.1. The van der Waals surface area contributed by atoms with Crippen LogP contribution in [-0.4, -0.2) is 47.1 Å². The molecule has 5 nitrogen and oxygen atoms in total. The first-order valence-corrected chi connectivity index (χ1v) is 6.34. The molecule has 1 heterocycles. The molecular weight excluding hydrogens is 256 g/mol. The lowest BCUT2D eigenvalue weighted by atomic mass is 10.1. The third-order valence-electron chi connectivity index (χ3n) is 2.82. The number of amides is 1. The molecule has 0 radical (unpaired) electrons. The smallest absolute Gasteiger partial charge is 0.251 e. The van der Waals surface area contributed by atoms with Gasteiger partial charge >= 0.3 is 0 Å². The van der Waals surface area contributed by atoms with E-state index >= 15 is 0 Å². The second-order valence-electron chi connectivity index (χ2n) is 4.05. The number of nitrogens with zero attached hydrogens (tertiary/aromatic N) is 1. The number of thiocarbonyl (C=S) groups is 2. The molecule has 1 aliphatic rings. The van der Waals surface area contributed by atoms with Gasteiger partial charge in [0, 0.05) is 14.1 Å². The van der Waals surface area contributed by atoms with Gasteiger partial charge in [-0.3, -0.25) is 9.69 Å². The summed E-state index contributed by atoms with van der Waals surface area (Å²) in [4.78, 5) is 13.8. The van der Waals surface area contributed by atoms with Crippen molar-refractivity contribution in [3.8, 4) is 0 Å². The standard InChI is InChI=1S/C10H18N4OS2/c1-12-8(16)6(11)4-3-5-7-9(15)14(2)10(17)13-7/h6-7H,3-5,11H2,1-2H3,(H,12,16)(H,13,17)/t6-,7-/m1/s1. The highest BCUT2D eigenvalue weighted by Crippen LogP contribution is 2.11. The highest BCUT2D eigenvalue weighted by Gasteiger charge is 2.31. The van der Waals surface area contributed by atoms with Crippen molar-refractivity contribution in [3.63, 3.8) is 0 Å². The van der Waals surface area contributed by atoms with Gasteiger partial charge < -0.3 is 16.4 Å². The molecule has 1 saturated heterocycles. The maximum Gasteiger partial charge on any atom is 0.251 e. The van der Waals surface area contributed by atoms with Crippen LogP contribution in [0.15, 0.2) is 0 Å². The Bertz CT molecular complexity index is 334. The fourth-order valence-corrected chi connectivity index (χ4v) is 2.05. The molecular formula is C10H18N4OS2. The van der Waals surface area contributed by atoms with Crippen molar-refractivity contribution in [2.75, 3.05) is 14.1 Å². The van der Waals surface area contributed by atoms with E-state index in [9.17, 15) is 4.79 Å².